The molecule has 0 saturated carbocycles. The van der Waals surface area contributed by atoms with E-state index in [1.54, 1.807) is 32.0 Å². The van der Waals surface area contributed by atoms with Crippen molar-refractivity contribution >= 4 is 29.1 Å². The van der Waals surface area contributed by atoms with Crippen molar-refractivity contribution in [2.75, 3.05) is 25.5 Å². The molecular formula is C30H28F2N4O3. The zero-order chi connectivity index (χ0) is 27.8. The Morgan fingerprint density at radius 3 is 2.56 bits per heavy atom. The second kappa shape index (κ2) is 10.4. The number of amides is 3. The molecule has 0 unspecified atom stereocenters. The van der Waals surface area contributed by atoms with Gasteiger partial charge in [-0.15, -0.1) is 0 Å². The van der Waals surface area contributed by atoms with Crippen LogP contribution in [-0.2, 0) is 22.4 Å². The number of benzene rings is 3. The van der Waals surface area contributed by atoms with E-state index in [9.17, 15) is 23.2 Å². The van der Waals surface area contributed by atoms with Crippen LogP contribution in [0, 0.1) is 17.6 Å². The van der Waals surface area contributed by atoms with Gasteiger partial charge < -0.3 is 15.1 Å². The summed E-state index contributed by atoms with van der Waals surface area (Å²) in [5, 5.41) is 2.75. The third kappa shape index (κ3) is 5.04. The summed E-state index contributed by atoms with van der Waals surface area (Å²) in [7, 11) is 3.40. The smallest absolute Gasteiger partial charge is 0.272 e. The van der Waals surface area contributed by atoms with E-state index in [4.69, 9.17) is 4.99 Å². The molecule has 1 N–H and O–H groups in total. The van der Waals surface area contributed by atoms with E-state index >= 15 is 0 Å². The number of rotatable bonds is 5. The van der Waals surface area contributed by atoms with Crippen LogP contribution in [0.25, 0.3) is 0 Å². The molecule has 5 rings (SSSR count). The summed E-state index contributed by atoms with van der Waals surface area (Å²) >= 11 is 0. The molecule has 3 amide bonds. The van der Waals surface area contributed by atoms with Crippen LogP contribution in [0.5, 0.6) is 0 Å². The van der Waals surface area contributed by atoms with Crippen LogP contribution in [-0.4, -0.2) is 55.1 Å². The number of para-hydroxylation sites is 1. The molecule has 2 atom stereocenters. The second-order valence-corrected chi connectivity index (χ2v) is 10.0. The molecule has 3 aromatic carbocycles. The van der Waals surface area contributed by atoms with Crippen LogP contribution in [0.4, 0.5) is 14.5 Å². The van der Waals surface area contributed by atoms with Gasteiger partial charge in [-0.25, -0.2) is 13.8 Å². The molecule has 0 saturated heterocycles. The minimum absolute atomic E-state index is 0.0407. The Labute approximate surface area is 225 Å². The van der Waals surface area contributed by atoms with Gasteiger partial charge in [0, 0.05) is 43.2 Å². The number of nitrogens with zero attached hydrogens (tertiary/aromatic N) is 3. The maximum Gasteiger partial charge on any atom is 0.272 e. The van der Waals surface area contributed by atoms with Gasteiger partial charge in [-0.1, -0.05) is 37.3 Å². The molecule has 0 aromatic heterocycles. The van der Waals surface area contributed by atoms with Crippen molar-refractivity contribution in [1.82, 2.24) is 10.2 Å². The molecule has 39 heavy (non-hydrogen) atoms. The summed E-state index contributed by atoms with van der Waals surface area (Å²) in [5.74, 6) is -3.47. The summed E-state index contributed by atoms with van der Waals surface area (Å²) in [5.41, 5.74) is 4.62. The lowest BCUT2D eigenvalue weighted by atomic mass is 9.93. The zero-order valence-electron chi connectivity index (χ0n) is 21.9. The lowest BCUT2D eigenvalue weighted by Gasteiger charge is -2.25. The SMILES string of the molecule is C[C@@H](Cc1ccc(F)c(F)c1)C(=O)N[C@H]1N=C(c2ccc3c(c2)CCN(C)C3=O)c2ccccc2N(C)C1=O. The Hall–Kier alpha value is -4.40. The van der Waals surface area contributed by atoms with Crippen LogP contribution in [0.1, 0.15) is 39.5 Å². The molecule has 0 spiro atoms. The highest BCUT2D eigenvalue weighted by atomic mass is 19.2. The van der Waals surface area contributed by atoms with Crippen LogP contribution >= 0.6 is 0 Å². The third-order valence-corrected chi connectivity index (χ3v) is 7.27. The highest BCUT2D eigenvalue weighted by Gasteiger charge is 2.32. The van der Waals surface area contributed by atoms with Crippen LogP contribution in [0.3, 0.4) is 0 Å². The molecule has 0 radical (unpaired) electrons. The lowest BCUT2D eigenvalue weighted by Crippen LogP contribution is -2.47. The number of carbonyl (C=O) groups is 3. The second-order valence-electron chi connectivity index (χ2n) is 10.0. The molecule has 2 heterocycles. The quantitative estimate of drug-likeness (QED) is 0.546. The van der Waals surface area contributed by atoms with Gasteiger partial charge >= 0.3 is 0 Å². The van der Waals surface area contributed by atoms with Crippen LogP contribution < -0.4 is 10.2 Å². The van der Waals surface area contributed by atoms with Gasteiger partial charge in [-0.05, 0) is 54.3 Å². The van der Waals surface area contributed by atoms with E-state index in [0.29, 0.717) is 35.5 Å². The zero-order valence-corrected chi connectivity index (χ0v) is 21.9. The minimum atomic E-state index is -1.21. The van der Waals surface area contributed by atoms with E-state index < -0.39 is 35.5 Å². The number of likely N-dealkylation sites (N-methyl/N-ethyl adjacent to an activating group) is 2. The van der Waals surface area contributed by atoms with Gasteiger partial charge in [0.15, 0.2) is 11.6 Å². The highest BCUT2D eigenvalue weighted by Crippen LogP contribution is 2.29. The standard InChI is InChI=1S/C30H28F2N4O3/c1-17(14-18-8-11-23(31)24(32)15-18)28(37)34-27-30(39)36(3)25-7-5-4-6-22(25)26(33-27)20-9-10-21-19(16-20)12-13-35(2)29(21)38/h4-11,15-17,27H,12-14H2,1-3H3,(H,34,37)/t17-,27+/m0/s1. The van der Waals surface area contributed by atoms with Crippen LogP contribution in [0.15, 0.2) is 65.7 Å². The summed E-state index contributed by atoms with van der Waals surface area (Å²) < 4.78 is 27.0. The Balaban J connectivity index is 1.48. The summed E-state index contributed by atoms with van der Waals surface area (Å²) in [6.45, 7) is 2.26. The van der Waals surface area contributed by atoms with Crippen molar-refractivity contribution in [3.05, 3.63) is 100 Å². The summed E-state index contributed by atoms with van der Waals surface area (Å²) in [6, 6.07) is 16.4. The first kappa shape index (κ1) is 26.2. The number of carbonyl (C=O) groups excluding carboxylic acids is 3. The van der Waals surface area contributed by atoms with Crippen LogP contribution in [0.2, 0.25) is 0 Å². The molecule has 3 aromatic rings. The lowest BCUT2D eigenvalue weighted by molar-refractivity contribution is -0.129. The molecule has 0 bridgehead atoms. The first-order valence-corrected chi connectivity index (χ1v) is 12.7. The fourth-order valence-electron chi connectivity index (χ4n) is 4.99. The number of hydrogen-bond donors (Lipinski definition) is 1. The number of nitrogens with one attached hydrogen (secondary N) is 1. The largest absolute Gasteiger partial charge is 0.341 e. The van der Waals surface area contributed by atoms with Crippen molar-refractivity contribution in [2.24, 2.45) is 10.9 Å². The number of aliphatic imine (C=N–C) groups is 1. The molecule has 2 aliphatic heterocycles. The summed E-state index contributed by atoms with van der Waals surface area (Å²) in [4.78, 5) is 47.1. The molecule has 0 fully saturated rings. The molecular weight excluding hydrogens is 502 g/mol. The number of fused-ring (bicyclic) bond motifs is 2. The van der Waals surface area contributed by atoms with Gasteiger partial charge in [0.1, 0.15) is 0 Å². The fraction of sp³-hybridized carbons (Fsp3) is 0.267. The molecule has 0 aliphatic carbocycles. The number of hydrogen-bond acceptors (Lipinski definition) is 4. The van der Waals surface area contributed by atoms with Gasteiger partial charge in [0.2, 0.25) is 12.1 Å². The van der Waals surface area contributed by atoms with Crippen molar-refractivity contribution in [3.8, 4) is 0 Å². The van der Waals surface area contributed by atoms with Crippen molar-refractivity contribution in [2.45, 2.75) is 25.9 Å². The molecule has 2 aliphatic rings. The van der Waals surface area contributed by atoms with E-state index in [-0.39, 0.29) is 12.3 Å². The van der Waals surface area contributed by atoms with Crippen molar-refractivity contribution in [1.29, 1.82) is 0 Å². The van der Waals surface area contributed by atoms with E-state index in [2.05, 4.69) is 5.32 Å². The Bertz CT molecular complexity index is 1520. The fourth-order valence-corrected chi connectivity index (χ4v) is 4.99. The molecule has 9 heteroatoms. The maximum absolute atomic E-state index is 13.7. The van der Waals surface area contributed by atoms with E-state index in [0.717, 1.165) is 28.8 Å². The predicted octanol–water partition coefficient (Wildman–Crippen LogP) is 3.73. The number of anilines is 1. The van der Waals surface area contributed by atoms with Crippen molar-refractivity contribution < 1.29 is 23.2 Å². The average molecular weight is 531 g/mol. The normalized spacial score (nSPS) is 17.7. The minimum Gasteiger partial charge on any atom is -0.341 e. The first-order valence-electron chi connectivity index (χ1n) is 12.7. The number of benzodiazepines with no additional fused rings is 1. The van der Waals surface area contributed by atoms with Crippen molar-refractivity contribution in [3.63, 3.8) is 0 Å². The Kier molecular flexibility index (Phi) is 6.99. The van der Waals surface area contributed by atoms with Gasteiger partial charge in [-0.2, -0.15) is 0 Å². The first-order chi connectivity index (χ1) is 18.6. The van der Waals surface area contributed by atoms with E-state index in [1.807, 2.05) is 36.4 Å². The molecule has 200 valence electrons. The topological polar surface area (TPSA) is 82.1 Å². The molecule has 7 nitrogen and oxygen atoms in total. The third-order valence-electron chi connectivity index (χ3n) is 7.27. The number of halogens is 2. The van der Waals surface area contributed by atoms with E-state index in [1.165, 1.54) is 11.0 Å². The van der Waals surface area contributed by atoms with Gasteiger partial charge in [0.25, 0.3) is 11.8 Å². The van der Waals surface area contributed by atoms with Gasteiger partial charge in [0.05, 0.1) is 11.4 Å². The Morgan fingerprint density at radius 1 is 1.03 bits per heavy atom. The Morgan fingerprint density at radius 2 is 1.79 bits per heavy atom. The highest BCUT2D eigenvalue weighted by molar-refractivity contribution is 6.20. The predicted molar refractivity (Wildman–Crippen MR) is 144 cm³/mol. The average Bonchev–Trinajstić information content (AvgIpc) is 3.03. The summed E-state index contributed by atoms with van der Waals surface area (Å²) in [6.07, 6.45) is -0.355. The maximum atomic E-state index is 13.7. The monoisotopic (exact) mass is 530 g/mol. The van der Waals surface area contributed by atoms with Gasteiger partial charge in [-0.3, -0.25) is 14.4 Å².